The zero-order chi connectivity index (χ0) is 18.0. The first-order valence-corrected chi connectivity index (χ1v) is 9.11. The van der Waals surface area contributed by atoms with Crippen LogP contribution in [0, 0.1) is 0 Å². The summed E-state index contributed by atoms with van der Waals surface area (Å²) in [7, 11) is 0. The molecule has 0 unspecified atom stereocenters. The lowest BCUT2D eigenvalue weighted by Gasteiger charge is -2.38. The minimum atomic E-state index is -0.165. The molecule has 0 spiro atoms. The van der Waals surface area contributed by atoms with Crippen molar-refractivity contribution in [3.05, 3.63) is 64.8 Å². The minimum absolute atomic E-state index is 0.148. The number of nitrogens with zero attached hydrogens (tertiary/aromatic N) is 1. The minimum Gasteiger partial charge on any atom is -0.381 e. The van der Waals surface area contributed by atoms with Crippen LogP contribution in [0.2, 0.25) is 5.02 Å². The van der Waals surface area contributed by atoms with Crippen LogP contribution >= 0.6 is 11.6 Å². The molecular formula is C20H20ClN3O2. The van der Waals surface area contributed by atoms with Gasteiger partial charge in [-0.05, 0) is 36.6 Å². The molecule has 0 aliphatic carbocycles. The molecule has 1 fully saturated rings. The summed E-state index contributed by atoms with van der Waals surface area (Å²) >= 11 is 6.04. The number of carbonyl (C=O) groups is 1. The summed E-state index contributed by atoms with van der Waals surface area (Å²) in [5.41, 5.74) is 2.32. The summed E-state index contributed by atoms with van der Waals surface area (Å²) < 4.78 is 5.55. The maximum absolute atomic E-state index is 12.7. The van der Waals surface area contributed by atoms with Crippen LogP contribution in [0.3, 0.4) is 0 Å². The molecule has 2 heterocycles. The first-order chi connectivity index (χ1) is 12.7. The standard InChI is InChI=1S/C20H20ClN3O2/c21-15-7-5-14(6-8-15)20(9-11-26-12-10-20)13-22-19(25)18-16-3-1-2-4-17(16)23-24-18/h1-8H,9-13H2,(H,22,25)(H,23,24). The number of aromatic nitrogens is 2. The molecule has 0 radical (unpaired) electrons. The predicted octanol–water partition coefficient (Wildman–Crippen LogP) is 3.69. The maximum atomic E-state index is 12.7. The Morgan fingerprint density at radius 2 is 1.88 bits per heavy atom. The van der Waals surface area contributed by atoms with Crippen LogP contribution in [0.5, 0.6) is 0 Å². The lowest BCUT2D eigenvalue weighted by molar-refractivity contribution is 0.0487. The van der Waals surface area contributed by atoms with Gasteiger partial charge in [0.2, 0.25) is 0 Å². The van der Waals surface area contributed by atoms with Crippen LogP contribution < -0.4 is 5.32 Å². The molecule has 1 saturated heterocycles. The van der Waals surface area contributed by atoms with Gasteiger partial charge in [-0.2, -0.15) is 5.10 Å². The molecule has 6 heteroatoms. The average molecular weight is 370 g/mol. The number of nitrogens with one attached hydrogen (secondary N) is 2. The van der Waals surface area contributed by atoms with Gasteiger partial charge >= 0.3 is 0 Å². The van der Waals surface area contributed by atoms with E-state index >= 15 is 0 Å². The molecular weight excluding hydrogens is 350 g/mol. The van der Waals surface area contributed by atoms with E-state index in [1.165, 1.54) is 5.56 Å². The number of halogens is 1. The van der Waals surface area contributed by atoms with Crippen molar-refractivity contribution < 1.29 is 9.53 Å². The second-order valence-electron chi connectivity index (χ2n) is 6.70. The smallest absolute Gasteiger partial charge is 0.272 e. The number of benzene rings is 2. The molecule has 3 aromatic rings. The van der Waals surface area contributed by atoms with Gasteiger partial charge < -0.3 is 10.1 Å². The van der Waals surface area contributed by atoms with Crippen molar-refractivity contribution in [1.29, 1.82) is 0 Å². The lowest BCUT2D eigenvalue weighted by Crippen LogP contribution is -2.44. The number of carbonyl (C=O) groups excluding carboxylic acids is 1. The van der Waals surface area contributed by atoms with Gasteiger partial charge in [-0.3, -0.25) is 9.89 Å². The van der Waals surface area contributed by atoms with E-state index < -0.39 is 0 Å². The molecule has 5 nitrogen and oxygen atoms in total. The first kappa shape index (κ1) is 17.1. The largest absolute Gasteiger partial charge is 0.381 e. The summed E-state index contributed by atoms with van der Waals surface area (Å²) in [6.07, 6.45) is 1.71. The topological polar surface area (TPSA) is 67.0 Å². The van der Waals surface area contributed by atoms with E-state index in [9.17, 15) is 4.79 Å². The highest BCUT2D eigenvalue weighted by molar-refractivity contribution is 6.30. The lowest BCUT2D eigenvalue weighted by atomic mass is 9.74. The Morgan fingerprint density at radius 1 is 1.15 bits per heavy atom. The number of hydrogen-bond acceptors (Lipinski definition) is 3. The molecule has 0 bridgehead atoms. The van der Waals surface area contributed by atoms with Crippen molar-refractivity contribution in [1.82, 2.24) is 15.5 Å². The molecule has 1 aliphatic rings. The Hall–Kier alpha value is -2.37. The van der Waals surface area contributed by atoms with E-state index in [2.05, 4.69) is 15.5 Å². The van der Waals surface area contributed by atoms with Crippen LogP contribution in [0.4, 0.5) is 0 Å². The Kier molecular flexibility index (Phi) is 4.66. The van der Waals surface area contributed by atoms with E-state index in [1.807, 2.05) is 48.5 Å². The Balaban J connectivity index is 1.56. The molecule has 2 aromatic carbocycles. The van der Waals surface area contributed by atoms with Crippen LogP contribution in [-0.2, 0) is 10.2 Å². The number of para-hydroxylation sites is 1. The van der Waals surface area contributed by atoms with Crippen molar-refractivity contribution in [2.24, 2.45) is 0 Å². The summed E-state index contributed by atoms with van der Waals surface area (Å²) in [6.45, 7) is 1.91. The van der Waals surface area contributed by atoms with Gasteiger partial charge in [-0.25, -0.2) is 0 Å². The highest BCUT2D eigenvalue weighted by atomic mass is 35.5. The third-order valence-electron chi connectivity index (χ3n) is 5.18. The number of amides is 1. The number of ether oxygens (including phenoxy) is 1. The number of H-pyrrole nitrogens is 1. The van der Waals surface area contributed by atoms with E-state index in [1.54, 1.807) is 0 Å². The third-order valence-corrected chi connectivity index (χ3v) is 5.43. The Morgan fingerprint density at radius 3 is 2.65 bits per heavy atom. The molecule has 1 aromatic heterocycles. The van der Waals surface area contributed by atoms with Gasteiger partial charge in [0.05, 0.1) is 5.52 Å². The van der Waals surface area contributed by atoms with Gasteiger partial charge in [-0.15, -0.1) is 0 Å². The Bertz CT molecular complexity index is 914. The van der Waals surface area contributed by atoms with Crippen molar-refractivity contribution in [2.45, 2.75) is 18.3 Å². The van der Waals surface area contributed by atoms with Crippen molar-refractivity contribution in [2.75, 3.05) is 19.8 Å². The molecule has 0 atom stereocenters. The zero-order valence-corrected chi connectivity index (χ0v) is 15.1. The zero-order valence-electron chi connectivity index (χ0n) is 14.3. The van der Waals surface area contributed by atoms with E-state index in [0.29, 0.717) is 30.5 Å². The van der Waals surface area contributed by atoms with Crippen LogP contribution in [-0.4, -0.2) is 35.9 Å². The normalized spacial score (nSPS) is 16.5. The monoisotopic (exact) mass is 369 g/mol. The highest BCUT2D eigenvalue weighted by Crippen LogP contribution is 2.35. The third kappa shape index (κ3) is 3.20. The van der Waals surface area contributed by atoms with E-state index in [0.717, 1.165) is 23.7 Å². The molecule has 26 heavy (non-hydrogen) atoms. The van der Waals surface area contributed by atoms with E-state index in [4.69, 9.17) is 16.3 Å². The fourth-order valence-electron chi connectivity index (χ4n) is 3.60. The van der Waals surface area contributed by atoms with E-state index in [-0.39, 0.29) is 11.3 Å². The average Bonchev–Trinajstić information content (AvgIpc) is 3.12. The number of aromatic amines is 1. The number of hydrogen-bond donors (Lipinski definition) is 2. The molecule has 134 valence electrons. The molecule has 4 rings (SSSR count). The van der Waals surface area contributed by atoms with Crippen LogP contribution in [0.1, 0.15) is 28.9 Å². The number of rotatable bonds is 4. The van der Waals surface area contributed by atoms with Crippen molar-refractivity contribution in [3.8, 4) is 0 Å². The quantitative estimate of drug-likeness (QED) is 0.737. The summed E-state index contributed by atoms with van der Waals surface area (Å²) in [5.74, 6) is -0.165. The predicted molar refractivity (Wildman–Crippen MR) is 102 cm³/mol. The van der Waals surface area contributed by atoms with Gasteiger partial charge in [0.1, 0.15) is 0 Å². The fourth-order valence-corrected chi connectivity index (χ4v) is 3.73. The molecule has 0 saturated carbocycles. The van der Waals surface area contributed by atoms with Gasteiger partial charge in [0.25, 0.3) is 5.91 Å². The maximum Gasteiger partial charge on any atom is 0.272 e. The fraction of sp³-hybridized carbons (Fsp3) is 0.300. The second-order valence-corrected chi connectivity index (χ2v) is 7.14. The summed E-state index contributed by atoms with van der Waals surface area (Å²) in [6, 6.07) is 15.5. The van der Waals surface area contributed by atoms with Gasteiger partial charge in [0, 0.05) is 35.6 Å². The van der Waals surface area contributed by atoms with Crippen LogP contribution in [0.15, 0.2) is 48.5 Å². The summed E-state index contributed by atoms with van der Waals surface area (Å²) in [5, 5.41) is 11.7. The molecule has 1 aliphatic heterocycles. The van der Waals surface area contributed by atoms with Gasteiger partial charge in [0.15, 0.2) is 5.69 Å². The SMILES string of the molecule is O=C(NCC1(c2ccc(Cl)cc2)CCOCC1)c1n[nH]c2ccccc12. The Labute approximate surface area is 156 Å². The molecule has 1 amide bonds. The summed E-state index contributed by atoms with van der Waals surface area (Å²) in [4.78, 5) is 12.7. The molecule has 2 N–H and O–H groups in total. The highest BCUT2D eigenvalue weighted by Gasteiger charge is 2.35. The van der Waals surface area contributed by atoms with Crippen LogP contribution in [0.25, 0.3) is 10.9 Å². The first-order valence-electron chi connectivity index (χ1n) is 8.73. The second kappa shape index (κ2) is 7.09. The van der Waals surface area contributed by atoms with Crippen molar-refractivity contribution >= 4 is 28.4 Å². The number of fused-ring (bicyclic) bond motifs is 1. The van der Waals surface area contributed by atoms with Gasteiger partial charge in [-0.1, -0.05) is 41.9 Å². The van der Waals surface area contributed by atoms with Crippen molar-refractivity contribution in [3.63, 3.8) is 0 Å².